The van der Waals surface area contributed by atoms with E-state index in [9.17, 15) is 14.4 Å². The SMILES string of the molecule is O=C(CS[C@@H]1CC(=O)N(c2ccc(Br)cc2)C1=O)Nc1ccc(Cl)c(Cl)c1. The molecule has 3 rings (SSSR count). The molecule has 1 N–H and O–H groups in total. The molecule has 0 saturated carbocycles. The highest BCUT2D eigenvalue weighted by Crippen LogP contribution is 2.30. The van der Waals surface area contributed by atoms with Gasteiger partial charge in [0.15, 0.2) is 0 Å². The number of benzene rings is 2. The molecule has 1 saturated heterocycles. The molecule has 0 unspecified atom stereocenters. The van der Waals surface area contributed by atoms with Crippen molar-refractivity contribution in [2.75, 3.05) is 16.0 Å². The van der Waals surface area contributed by atoms with E-state index < -0.39 is 5.25 Å². The van der Waals surface area contributed by atoms with E-state index in [1.807, 2.05) is 0 Å². The summed E-state index contributed by atoms with van der Waals surface area (Å²) in [5, 5.41) is 2.84. The molecule has 2 aromatic rings. The topological polar surface area (TPSA) is 66.5 Å². The molecule has 1 atom stereocenters. The van der Waals surface area contributed by atoms with Crippen molar-refractivity contribution >= 4 is 80.0 Å². The zero-order valence-electron chi connectivity index (χ0n) is 13.7. The van der Waals surface area contributed by atoms with E-state index in [1.54, 1.807) is 42.5 Å². The number of amides is 3. The summed E-state index contributed by atoms with van der Waals surface area (Å²) in [4.78, 5) is 38.1. The van der Waals surface area contributed by atoms with Gasteiger partial charge in [0.05, 0.1) is 26.7 Å². The van der Waals surface area contributed by atoms with E-state index in [0.717, 1.165) is 16.2 Å². The molecular formula is C18H13BrCl2N2O3S. The lowest BCUT2D eigenvalue weighted by Crippen LogP contribution is -2.31. The Balaban J connectivity index is 1.58. The summed E-state index contributed by atoms with van der Waals surface area (Å²) in [7, 11) is 0. The summed E-state index contributed by atoms with van der Waals surface area (Å²) in [5.74, 6) is -0.835. The van der Waals surface area contributed by atoms with Gasteiger partial charge < -0.3 is 5.32 Å². The van der Waals surface area contributed by atoms with Crippen molar-refractivity contribution < 1.29 is 14.4 Å². The maximum atomic E-state index is 12.6. The van der Waals surface area contributed by atoms with Crippen LogP contribution in [0.2, 0.25) is 10.0 Å². The van der Waals surface area contributed by atoms with Crippen LogP contribution in [0, 0.1) is 0 Å². The lowest BCUT2D eigenvalue weighted by molar-refractivity contribution is -0.121. The second kappa shape index (κ2) is 8.65. The molecule has 0 aliphatic carbocycles. The number of nitrogens with one attached hydrogen (secondary N) is 1. The molecule has 140 valence electrons. The Bertz CT molecular complexity index is 908. The van der Waals surface area contributed by atoms with Crippen LogP contribution in [0.3, 0.4) is 0 Å². The van der Waals surface area contributed by atoms with Gasteiger partial charge in [-0.2, -0.15) is 0 Å². The van der Waals surface area contributed by atoms with Gasteiger partial charge in [0.2, 0.25) is 17.7 Å². The predicted octanol–water partition coefficient (Wildman–Crippen LogP) is 4.76. The predicted molar refractivity (Wildman–Crippen MR) is 113 cm³/mol. The molecule has 0 spiro atoms. The van der Waals surface area contributed by atoms with Gasteiger partial charge >= 0.3 is 0 Å². The second-order valence-corrected chi connectivity index (χ2v) is 8.65. The Morgan fingerprint density at radius 3 is 2.52 bits per heavy atom. The summed E-state index contributed by atoms with van der Waals surface area (Å²) in [6.07, 6.45) is 0.0691. The van der Waals surface area contributed by atoms with Crippen molar-refractivity contribution in [3.05, 3.63) is 57.0 Å². The second-order valence-electron chi connectivity index (χ2n) is 5.72. The van der Waals surface area contributed by atoms with E-state index in [0.29, 0.717) is 21.4 Å². The molecule has 1 aliphatic heterocycles. The Hall–Kier alpha value is -1.54. The minimum Gasteiger partial charge on any atom is -0.325 e. The number of hydrogen-bond acceptors (Lipinski definition) is 4. The molecule has 1 heterocycles. The molecule has 2 aromatic carbocycles. The maximum Gasteiger partial charge on any atom is 0.247 e. The summed E-state index contributed by atoms with van der Waals surface area (Å²) < 4.78 is 0.857. The number of carbonyl (C=O) groups is 3. The van der Waals surface area contributed by atoms with E-state index >= 15 is 0 Å². The fourth-order valence-electron chi connectivity index (χ4n) is 2.54. The van der Waals surface area contributed by atoms with Crippen LogP contribution in [0.5, 0.6) is 0 Å². The fraction of sp³-hybridized carbons (Fsp3) is 0.167. The number of carbonyl (C=O) groups excluding carboxylic acids is 3. The van der Waals surface area contributed by atoms with Gasteiger partial charge in [-0.3, -0.25) is 14.4 Å². The van der Waals surface area contributed by atoms with Gasteiger partial charge in [0.25, 0.3) is 0 Å². The highest BCUT2D eigenvalue weighted by Gasteiger charge is 2.40. The molecule has 27 heavy (non-hydrogen) atoms. The largest absolute Gasteiger partial charge is 0.325 e. The first-order valence-electron chi connectivity index (χ1n) is 7.84. The van der Waals surface area contributed by atoms with Crippen molar-refractivity contribution in [1.29, 1.82) is 0 Å². The van der Waals surface area contributed by atoms with Crippen molar-refractivity contribution in [2.24, 2.45) is 0 Å². The molecule has 0 aromatic heterocycles. The fourth-order valence-corrected chi connectivity index (χ4v) is 4.04. The summed E-state index contributed by atoms with van der Waals surface area (Å²) >= 11 is 16.2. The number of imide groups is 1. The molecule has 9 heteroatoms. The molecular weight excluding hydrogens is 475 g/mol. The highest BCUT2D eigenvalue weighted by molar-refractivity contribution is 9.10. The molecule has 0 radical (unpaired) electrons. The van der Waals surface area contributed by atoms with Gasteiger partial charge in [0, 0.05) is 16.6 Å². The van der Waals surface area contributed by atoms with Crippen LogP contribution >= 0.6 is 50.9 Å². The average molecular weight is 488 g/mol. The van der Waals surface area contributed by atoms with Gasteiger partial charge in [0.1, 0.15) is 0 Å². The highest BCUT2D eigenvalue weighted by atomic mass is 79.9. The lowest BCUT2D eigenvalue weighted by Gasteiger charge is -2.15. The van der Waals surface area contributed by atoms with Crippen molar-refractivity contribution in [3.8, 4) is 0 Å². The van der Waals surface area contributed by atoms with Crippen molar-refractivity contribution in [3.63, 3.8) is 0 Å². The summed E-state index contributed by atoms with van der Waals surface area (Å²) in [6, 6.07) is 11.7. The van der Waals surface area contributed by atoms with E-state index in [1.165, 1.54) is 4.90 Å². The third-order valence-corrected chi connectivity index (χ3v) is 6.28. The van der Waals surface area contributed by atoms with Crippen LogP contribution in [0.15, 0.2) is 46.9 Å². The Kier molecular flexibility index (Phi) is 6.47. The number of hydrogen-bond donors (Lipinski definition) is 1. The molecule has 1 aliphatic rings. The van der Waals surface area contributed by atoms with Crippen molar-refractivity contribution in [2.45, 2.75) is 11.7 Å². The standard InChI is InChI=1S/C18H13BrCl2N2O3S/c19-10-1-4-12(5-2-10)23-17(25)8-15(18(23)26)27-9-16(24)22-11-3-6-13(20)14(21)7-11/h1-7,15H,8-9H2,(H,22,24)/t15-/m1/s1. The van der Waals surface area contributed by atoms with Crippen LogP contribution in [-0.4, -0.2) is 28.7 Å². The Morgan fingerprint density at radius 1 is 1.15 bits per heavy atom. The van der Waals surface area contributed by atoms with Crippen LogP contribution < -0.4 is 10.2 Å². The Labute approximate surface area is 178 Å². The summed E-state index contributed by atoms with van der Waals surface area (Å²) in [6.45, 7) is 0. The van der Waals surface area contributed by atoms with E-state index in [-0.39, 0.29) is 29.9 Å². The molecule has 3 amide bonds. The maximum absolute atomic E-state index is 12.6. The van der Waals surface area contributed by atoms with E-state index in [4.69, 9.17) is 23.2 Å². The number of anilines is 2. The molecule has 5 nitrogen and oxygen atoms in total. The summed E-state index contributed by atoms with van der Waals surface area (Å²) in [5.41, 5.74) is 1.04. The first kappa shape index (κ1) is 20.2. The minimum absolute atomic E-state index is 0.0398. The molecule has 1 fully saturated rings. The average Bonchev–Trinajstić information content (AvgIpc) is 2.91. The third kappa shape index (κ3) is 4.85. The lowest BCUT2D eigenvalue weighted by atomic mass is 10.3. The number of rotatable bonds is 5. The quantitative estimate of drug-likeness (QED) is 0.617. The number of halogens is 3. The van der Waals surface area contributed by atoms with Gasteiger partial charge in [-0.1, -0.05) is 39.1 Å². The zero-order valence-corrected chi connectivity index (χ0v) is 17.7. The van der Waals surface area contributed by atoms with Crippen LogP contribution in [0.4, 0.5) is 11.4 Å². The zero-order chi connectivity index (χ0) is 19.6. The van der Waals surface area contributed by atoms with Gasteiger partial charge in [-0.15, -0.1) is 11.8 Å². The molecule has 0 bridgehead atoms. The third-order valence-electron chi connectivity index (χ3n) is 3.81. The monoisotopic (exact) mass is 486 g/mol. The van der Waals surface area contributed by atoms with Gasteiger partial charge in [-0.05, 0) is 42.5 Å². The van der Waals surface area contributed by atoms with Crippen molar-refractivity contribution in [1.82, 2.24) is 0 Å². The van der Waals surface area contributed by atoms with Gasteiger partial charge in [-0.25, -0.2) is 4.90 Å². The Morgan fingerprint density at radius 2 is 1.85 bits per heavy atom. The minimum atomic E-state index is -0.583. The van der Waals surface area contributed by atoms with E-state index in [2.05, 4.69) is 21.2 Å². The van der Waals surface area contributed by atoms with Crippen LogP contribution in [-0.2, 0) is 14.4 Å². The van der Waals surface area contributed by atoms with Crippen LogP contribution in [0.1, 0.15) is 6.42 Å². The smallest absolute Gasteiger partial charge is 0.247 e. The first-order valence-corrected chi connectivity index (χ1v) is 10.4. The first-order chi connectivity index (χ1) is 12.8. The number of thioether (sulfide) groups is 1. The normalized spacial score (nSPS) is 16.7. The number of nitrogens with zero attached hydrogens (tertiary/aromatic N) is 1. The van der Waals surface area contributed by atoms with Crippen LogP contribution in [0.25, 0.3) is 0 Å².